The number of carbonyl (C=O) groups is 1. The van der Waals surface area contributed by atoms with Gasteiger partial charge in [0.25, 0.3) is 0 Å². The first kappa shape index (κ1) is 16.6. The normalized spacial score (nSPS) is 11.9. The van der Waals surface area contributed by atoms with Crippen LogP contribution in [0.3, 0.4) is 0 Å². The number of thiocarbonyl (C=S) groups is 1. The molecule has 0 aromatic heterocycles. The molecule has 2 N–H and O–H groups in total. The minimum Gasteiger partial charge on any atom is -0.393 e. The molecule has 0 bridgehead atoms. The summed E-state index contributed by atoms with van der Waals surface area (Å²) in [7, 11) is 0. The lowest BCUT2D eigenvalue weighted by Gasteiger charge is -2.28. The van der Waals surface area contributed by atoms with Crippen LogP contribution in [0.5, 0.6) is 0 Å². The summed E-state index contributed by atoms with van der Waals surface area (Å²) in [6.45, 7) is 4.57. The number of nitrogens with two attached hydrogens (primary N) is 1. The van der Waals surface area contributed by atoms with Crippen LogP contribution < -0.4 is 5.73 Å². The van der Waals surface area contributed by atoms with Gasteiger partial charge in [-0.05, 0) is 31.0 Å². The van der Waals surface area contributed by atoms with Crippen LogP contribution in [0.25, 0.3) is 0 Å². The Balaban J connectivity index is 2.71. The third-order valence-electron chi connectivity index (χ3n) is 3.31. The van der Waals surface area contributed by atoms with E-state index < -0.39 is 0 Å². The molecule has 20 heavy (non-hydrogen) atoms. The fourth-order valence-corrected chi connectivity index (χ4v) is 2.01. The largest absolute Gasteiger partial charge is 0.393 e. The topological polar surface area (TPSA) is 46.3 Å². The lowest BCUT2D eigenvalue weighted by Crippen LogP contribution is -2.41. The van der Waals surface area contributed by atoms with Gasteiger partial charge in [-0.15, -0.1) is 0 Å². The standard InChI is InChI=1S/C15H21FN2OS/c1-3-11(2)18(9-8-14(17)20)15(19)10-12-4-6-13(16)7-5-12/h4-7,11H,3,8-10H2,1-2H3,(H2,17,20). The highest BCUT2D eigenvalue weighted by atomic mass is 32.1. The average Bonchev–Trinajstić information content (AvgIpc) is 2.41. The van der Waals surface area contributed by atoms with Crippen molar-refractivity contribution in [1.29, 1.82) is 0 Å². The zero-order valence-electron chi connectivity index (χ0n) is 11.9. The molecule has 1 aromatic carbocycles. The molecule has 0 aliphatic heterocycles. The van der Waals surface area contributed by atoms with Crippen LogP contribution in [-0.4, -0.2) is 28.4 Å². The van der Waals surface area contributed by atoms with E-state index in [1.165, 1.54) is 12.1 Å². The lowest BCUT2D eigenvalue weighted by atomic mass is 10.1. The van der Waals surface area contributed by atoms with Crippen LogP contribution >= 0.6 is 12.2 Å². The Morgan fingerprint density at radius 1 is 1.40 bits per heavy atom. The van der Waals surface area contributed by atoms with E-state index in [2.05, 4.69) is 0 Å². The van der Waals surface area contributed by atoms with Crippen LogP contribution in [0.15, 0.2) is 24.3 Å². The number of halogens is 1. The summed E-state index contributed by atoms with van der Waals surface area (Å²) < 4.78 is 12.9. The van der Waals surface area contributed by atoms with Crippen molar-refractivity contribution in [2.45, 2.75) is 39.2 Å². The molecule has 0 aliphatic rings. The highest BCUT2D eigenvalue weighted by Gasteiger charge is 2.19. The van der Waals surface area contributed by atoms with Gasteiger partial charge in [0.2, 0.25) is 5.91 Å². The van der Waals surface area contributed by atoms with E-state index in [1.54, 1.807) is 17.0 Å². The number of benzene rings is 1. The van der Waals surface area contributed by atoms with Crippen molar-refractivity contribution in [3.8, 4) is 0 Å². The third kappa shape index (κ3) is 5.25. The van der Waals surface area contributed by atoms with Crippen molar-refractivity contribution in [3.05, 3.63) is 35.6 Å². The Morgan fingerprint density at radius 2 is 2.00 bits per heavy atom. The molecule has 1 atom stereocenters. The molecular weight excluding hydrogens is 275 g/mol. The van der Waals surface area contributed by atoms with Crippen molar-refractivity contribution in [2.24, 2.45) is 5.73 Å². The monoisotopic (exact) mass is 296 g/mol. The number of hydrogen-bond acceptors (Lipinski definition) is 2. The molecule has 1 rings (SSSR count). The Hall–Kier alpha value is -1.49. The fraction of sp³-hybridized carbons (Fsp3) is 0.467. The maximum absolute atomic E-state index is 12.9. The maximum Gasteiger partial charge on any atom is 0.227 e. The second kappa shape index (κ2) is 7.94. The summed E-state index contributed by atoms with van der Waals surface area (Å²) in [5, 5.41) is 0. The second-order valence-corrected chi connectivity index (χ2v) is 5.39. The molecule has 110 valence electrons. The summed E-state index contributed by atoms with van der Waals surface area (Å²) in [6, 6.07) is 6.14. The number of nitrogens with zero attached hydrogens (tertiary/aromatic N) is 1. The first-order valence-corrected chi connectivity index (χ1v) is 7.17. The molecule has 0 saturated heterocycles. The van der Waals surface area contributed by atoms with Gasteiger partial charge in [-0.3, -0.25) is 4.79 Å². The van der Waals surface area contributed by atoms with Crippen molar-refractivity contribution >= 4 is 23.1 Å². The first-order valence-electron chi connectivity index (χ1n) is 6.76. The van der Waals surface area contributed by atoms with E-state index in [1.807, 2.05) is 13.8 Å². The number of carbonyl (C=O) groups excluding carboxylic acids is 1. The summed E-state index contributed by atoms with van der Waals surface area (Å²) in [5.41, 5.74) is 6.31. The third-order valence-corrected chi connectivity index (χ3v) is 3.52. The smallest absolute Gasteiger partial charge is 0.227 e. The summed E-state index contributed by atoms with van der Waals surface area (Å²) in [5.74, 6) is -0.282. The van der Waals surface area contributed by atoms with Crippen LogP contribution in [0, 0.1) is 5.82 Å². The molecule has 0 aliphatic carbocycles. The van der Waals surface area contributed by atoms with E-state index in [0.717, 1.165) is 12.0 Å². The summed E-state index contributed by atoms with van der Waals surface area (Å²) in [4.78, 5) is 14.6. The Bertz CT molecular complexity index is 461. The van der Waals surface area contributed by atoms with Crippen LogP contribution in [-0.2, 0) is 11.2 Å². The van der Waals surface area contributed by atoms with Gasteiger partial charge in [0, 0.05) is 19.0 Å². The van der Waals surface area contributed by atoms with Gasteiger partial charge in [0.15, 0.2) is 0 Å². The molecule has 0 fully saturated rings. The average molecular weight is 296 g/mol. The Morgan fingerprint density at radius 3 is 2.50 bits per heavy atom. The predicted molar refractivity (Wildman–Crippen MR) is 83.0 cm³/mol. The number of amides is 1. The number of rotatable bonds is 7. The first-order chi connectivity index (χ1) is 9.43. The predicted octanol–water partition coefficient (Wildman–Crippen LogP) is 2.67. The quantitative estimate of drug-likeness (QED) is 0.787. The van der Waals surface area contributed by atoms with Gasteiger partial charge in [-0.2, -0.15) is 0 Å². The van der Waals surface area contributed by atoms with Crippen molar-refractivity contribution in [2.75, 3.05) is 6.54 Å². The van der Waals surface area contributed by atoms with Gasteiger partial charge in [0.1, 0.15) is 5.82 Å². The molecule has 0 saturated carbocycles. The minimum absolute atomic E-state index is 0.0159. The zero-order chi connectivity index (χ0) is 15.1. The van der Waals surface area contributed by atoms with Gasteiger partial charge < -0.3 is 10.6 Å². The van der Waals surface area contributed by atoms with Gasteiger partial charge in [-0.25, -0.2) is 4.39 Å². The Labute approximate surface area is 125 Å². The molecule has 3 nitrogen and oxygen atoms in total. The highest BCUT2D eigenvalue weighted by molar-refractivity contribution is 7.80. The van der Waals surface area contributed by atoms with Crippen molar-refractivity contribution in [1.82, 2.24) is 4.90 Å². The Kier molecular flexibility index (Phi) is 6.58. The SMILES string of the molecule is CCC(C)N(CCC(N)=S)C(=O)Cc1ccc(F)cc1. The van der Waals surface area contributed by atoms with Crippen molar-refractivity contribution < 1.29 is 9.18 Å². The number of hydrogen-bond donors (Lipinski definition) is 1. The second-order valence-electron chi connectivity index (χ2n) is 4.86. The summed E-state index contributed by atoms with van der Waals surface area (Å²) in [6.07, 6.45) is 1.66. The van der Waals surface area contributed by atoms with Crippen LogP contribution in [0.1, 0.15) is 32.3 Å². The molecular formula is C15H21FN2OS. The summed E-state index contributed by atoms with van der Waals surface area (Å²) >= 11 is 4.87. The van der Waals surface area contributed by atoms with E-state index in [9.17, 15) is 9.18 Å². The fourth-order valence-electron chi connectivity index (χ4n) is 1.92. The van der Waals surface area contributed by atoms with Crippen LogP contribution in [0.2, 0.25) is 0 Å². The van der Waals surface area contributed by atoms with E-state index in [-0.39, 0.29) is 24.2 Å². The molecule has 0 spiro atoms. The molecule has 0 radical (unpaired) electrons. The molecule has 1 unspecified atom stereocenters. The van der Waals surface area contributed by atoms with E-state index in [0.29, 0.717) is 18.0 Å². The zero-order valence-corrected chi connectivity index (χ0v) is 12.8. The molecule has 5 heteroatoms. The van der Waals surface area contributed by atoms with Gasteiger partial charge in [-0.1, -0.05) is 31.3 Å². The lowest BCUT2D eigenvalue weighted by molar-refractivity contribution is -0.132. The maximum atomic E-state index is 12.9. The van der Waals surface area contributed by atoms with Crippen molar-refractivity contribution in [3.63, 3.8) is 0 Å². The van der Waals surface area contributed by atoms with E-state index in [4.69, 9.17) is 18.0 Å². The molecule has 0 heterocycles. The molecule has 1 aromatic rings. The van der Waals surface area contributed by atoms with Crippen LogP contribution in [0.4, 0.5) is 4.39 Å². The van der Waals surface area contributed by atoms with Gasteiger partial charge >= 0.3 is 0 Å². The molecule has 1 amide bonds. The van der Waals surface area contributed by atoms with E-state index >= 15 is 0 Å². The highest BCUT2D eigenvalue weighted by Crippen LogP contribution is 2.10. The van der Waals surface area contributed by atoms with Gasteiger partial charge in [0.05, 0.1) is 11.4 Å². The minimum atomic E-state index is -0.298.